The fraction of sp³-hybridized carbons (Fsp3) is 0. The van der Waals surface area contributed by atoms with E-state index in [1.54, 1.807) is 24.1 Å². The van der Waals surface area contributed by atoms with Gasteiger partial charge in [-0.1, -0.05) is 6.07 Å². The Morgan fingerprint density at radius 3 is 2.88 bits per heavy atom. The maximum Gasteiger partial charge on any atom is 0.287 e. The van der Waals surface area contributed by atoms with Crippen molar-refractivity contribution in [3.8, 4) is 0 Å². The van der Waals surface area contributed by atoms with Gasteiger partial charge >= 0.3 is 0 Å². The number of aliphatic hydroxyl groups excluding tert-OH is 1. The van der Waals surface area contributed by atoms with Crippen LogP contribution in [0.1, 0.15) is 0 Å². The van der Waals surface area contributed by atoms with Crippen LogP contribution in [0.2, 0.25) is 0 Å². The molecule has 0 aliphatic heterocycles. The van der Waals surface area contributed by atoms with Gasteiger partial charge in [0.05, 0.1) is 0 Å². The average Bonchev–Trinajstić information content (AvgIpc) is 2.26. The number of pyridine rings is 1. The fourth-order valence-corrected chi connectivity index (χ4v) is 1.43. The van der Waals surface area contributed by atoms with Crippen molar-refractivity contribution < 1.29 is 9.90 Å². The van der Waals surface area contributed by atoms with E-state index < -0.39 is 11.4 Å². The van der Waals surface area contributed by atoms with Crippen LogP contribution in [0.25, 0.3) is 11.5 Å². The molecule has 0 radical (unpaired) electrons. The number of nitrogens with zero attached hydrogens (tertiary/aromatic N) is 2. The minimum absolute atomic E-state index is 0.143. The normalized spacial score (nSPS) is 12.2. The highest BCUT2D eigenvalue weighted by Gasteiger charge is 2.04. The first-order valence-electron chi connectivity index (χ1n) is 4.36. The zero-order valence-electron chi connectivity index (χ0n) is 8.04. The average molecular weight is 217 g/mol. The molecule has 2 rings (SSSR count). The number of hydrogen-bond donors (Lipinski definition) is 2. The van der Waals surface area contributed by atoms with Gasteiger partial charge in [-0.2, -0.15) is 4.98 Å². The number of rotatable bonds is 0. The zero-order chi connectivity index (χ0) is 11.7. The van der Waals surface area contributed by atoms with Crippen LogP contribution in [0.4, 0.5) is 0 Å². The first kappa shape index (κ1) is 9.95. The topological polar surface area (TPSA) is 97.7 Å². The molecule has 0 bridgehead atoms. The molecule has 0 spiro atoms. The van der Waals surface area contributed by atoms with Crippen molar-refractivity contribution in [2.75, 3.05) is 0 Å². The zero-order valence-corrected chi connectivity index (χ0v) is 8.04. The molecule has 0 fully saturated rings. The first-order valence-corrected chi connectivity index (χ1v) is 4.36. The lowest BCUT2D eigenvalue weighted by Gasteiger charge is -1.99. The minimum Gasteiger partial charge on any atom is -0.494 e. The number of aliphatic hydroxyl groups is 1. The first-order chi connectivity index (χ1) is 7.65. The second-order valence-corrected chi connectivity index (χ2v) is 3.06. The maximum atomic E-state index is 11.5. The van der Waals surface area contributed by atoms with E-state index in [0.29, 0.717) is 0 Å². The molecular formula is C10H7N3O3. The van der Waals surface area contributed by atoms with Gasteiger partial charge in [-0.05, 0) is 12.1 Å². The van der Waals surface area contributed by atoms with Crippen molar-refractivity contribution in [2.45, 2.75) is 0 Å². The van der Waals surface area contributed by atoms with E-state index in [1.165, 1.54) is 10.6 Å². The van der Waals surface area contributed by atoms with Crippen molar-refractivity contribution in [3.05, 3.63) is 45.3 Å². The second-order valence-electron chi connectivity index (χ2n) is 3.06. The van der Waals surface area contributed by atoms with Gasteiger partial charge in [0.15, 0.2) is 17.2 Å². The lowest BCUT2D eigenvalue weighted by molar-refractivity contribution is 0.490. The molecule has 0 atom stereocenters. The van der Waals surface area contributed by atoms with E-state index in [1.807, 2.05) is 0 Å². The van der Waals surface area contributed by atoms with E-state index >= 15 is 0 Å². The third kappa shape index (κ3) is 1.34. The molecule has 16 heavy (non-hydrogen) atoms. The van der Waals surface area contributed by atoms with Crippen LogP contribution in [0.15, 0.2) is 29.2 Å². The van der Waals surface area contributed by atoms with E-state index in [-0.39, 0.29) is 16.2 Å². The van der Waals surface area contributed by atoms with Crippen molar-refractivity contribution in [1.29, 1.82) is 0 Å². The Morgan fingerprint density at radius 2 is 2.25 bits per heavy atom. The van der Waals surface area contributed by atoms with Crippen molar-refractivity contribution >= 4 is 17.5 Å². The largest absolute Gasteiger partial charge is 0.494 e. The summed E-state index contributed by atoms with van der Waals surface area (Å²) in [6.45, 7) is 0. The number of fused-ring (bicyclic) bond motifs is 1. The van der Waals surface area contributed by atoms with Gasteiger partial charge in [0.2, 0.25) is 0 Å². The Labute approximate surface area is 88.6 Å². The number of nitrogens with two attached hydrogens (primary N) is 1. The minimum atomic E-state index is -0.760. The summed E-state index contributed by atoms with van der Waals surface area (Å²) in [5, 5.41) is 8.66. The number of carbonyl (C=O) groups excluding carboxylic acids is 1. The third-order valence-corrected chi connectivity index (χ3v) is 2.10. The molecule has 0 aliphatic rings. The molecule has 0 aliphatic carbocycles. The van der Waals surface area contributed by atoms with Gasteiger partial charge in [0.1, 0.15) is 10.9 Å². The lowest BCUT2D eigenvalue weighted by atomic mass is 10.3. The number of aromatic nitrogens is 2. The van der Waals surface area contributed by atoms with Crippen LogP contribution in [0.3, 0.4) is 0 Å². The molecule has 0 aromatic carbocycles. The molecule has 2 aromatic rings. The summed E-state index contributed by atoms with van der Waals surface area (Å²) >= 11 is 0. The molecule has 80 valence electrons. The van der Waals surface area contributed by atoms with Crippen LogP contribution in [0, 0.1) is 0 Å². The molecule has 0 unspecified atom stereocenters. The van der Waals surface area contributed by atoms with Crippen molar-refractivity contribution in [2.24, 2.45) is 5.73 Å². The smallest absolute Gasteiger partial charge is 0.287 e. The van der Waals surface area contributed by atoms with Gasteiger partial charge < -0.3 is 10.8 Å². The van der Waals surface area contributed by atoms with Gasteiger partial charge in [0.25, 0.3) is 5.56 Å². The van der Waals surface area contributed by atoms with Gasteiger partial charge in [-0.3, -0.25) is 9.20 Å². The Kier molecular flexibility index (Phi) is 2.19. The van der Waals surface area contributed by atoms with Crippen LogP contribution < -0.4 is 21.9 Å². The monoisotopic (exact) mass is 217 g/mol. The second kappa shape index (κ2) is 3.52. The molecule has 2 heterocycles. The molecule has 0 saturated carbocycles. The molecule has 0 saturated heterocycles. The molecule has 6 nitrogen and oxygen atoms in total. The predicted molar refractivity (Wildman–Crippen MR) is 55.7 cm³/mol. The Bertz CT molecular complexity index is 753. The maximum absolute atomic E-state index is 11.5. The lowest BCUT2D eigenvalue weighted by Crippen LogP contribution is -2.48. The SMILES string of the molecule is NC(O)=c1c(=O)nc2ccccn2c1=C=O. The van der Waals surface area contributed by atoms with E-state index in [0.717, 1.165) is 0 Å². The Balaban J connectivity index is 3.32. The van der Waals surface area contributed by atoms with Crippen molar-refractivity contribution in [1.82, 2.24) is 9.38 Å². The molecule has 6 heteroatoms. The van der Waals surface area contributed by atoms with Crippen LogP contribution in [-0.2, 0) is 4.79 Å². The molecule has 3 N–H and O–H groups in total. The summed E-state index contributed by atoms with van der Waals surface area (Å²) in [5.74, 6) is 0.831. The van der Waals surface area contributed by atoms with Gasteiger partial charge in [0, 0.05) is 6.20 Å². The third-order valence-electron chi connectivity index (χ3n) is 2.10. The summed E-state index contributed by atoms with van der Waals surface area (Å²) in [6, 6.07) is 4.87. The summed E-state index contributed by atoms with van der Waals surface area (Å²) in [4.78, 5) is 26.0. The highest BCUT2D eigenvalue weighted by molar-refractivity contribution is 5.50. The Hall–Kier alpha value is -2.59. The summed E-state index contributed by atoms with van der Waals surface area (Å²) < 4.78 is 1.33. The standard InChI is InChI=1S/C10H7N3O3/c11-9(15)8-6(5-14)13-4-2-1-3-7(13)12-10(8)16/h1-4,15H,11H2. The van der Waals surface area contributed by atoms with Crippen LogP contribution >= 0.6 is 0 Å². The van der Waals surface area contributed by atoms with Crippen molar-refractivity contribution in [3.63, 3.8) is 0 Å². The van der Waals surface area contributed by atoms with Gasteiger partial charge in [-0.25, -0.2) is 4.79 Å². The Morgan fingerprint density at radius 1 is 1.50 bits per heavy atom. The van der Waals surface area contributed by atoms with Gasteiger partial charge in [-0.15, -0.1) is 0 Å². The van der Waals surface area contributed by atoms with Crippen LogP contribution in [0.5, 0.6) is 0 Å². The quantitative estimate of drug-likeness (QED) is 0.521. The highest BCUT2D eigenvalue weighted by atomic mass is 16.3. The van der Waals surface area contributed by atoms with E-state index in [4.69, 9.17) is 10.8 Å². The summed E-state index contributed by atoms with van der Waals surface area (Å²) in [5.41, 5.74) is 4.65. The predicted octanol–water partition coefficient (Wildman–Crippen LogP) is -2.22. The molecule has 2 aromatic heterocycles. The van der Waals surface area contributed by atoms with E-state index in [9.17, 15) is 9.59 Å². The summed E-state index contributed by atoms with van der Waals surface area (Å²) in [7, 11) is 0. The van der Waals surface area contributed by atoms with E-state index in [2.05, 4.69) is 4.98 Å². The van der Waals surface area contributed by atoms with Crippen LogP contribution in [-0.4, -0.2) is 20.4 Å². The molecule has 0 amide bonds. The number of hydrogen-bond acceptors (Lipinski definition) is 5. The molecular weight excluding hydrogens is 210 g/mol. The fourth-order valence-electron chi connectivity index (χ4n) is 1.43. The summed E-state index contributed by atoms with van der Waals surface area (Å²) in [6.07, 6.45) is 1.52. The highest BCUT2D eigenvalue weighted by Crippen LogP contribution is 1.89.